The third kappa shape index (κ3) is 3.76. The molecule has 2 aromatic carbocycles. The molecule has 1 aliphatic rings. The van der Waals surface area contributed by atoms with Crippen molar-refractivity contribution in [1.29, 1.82) is 0 Å². The Morgan fingerprint density at radius 2 is 1.82 bits per heavy atom. The molecule has 5 nitrogen and oxygen atoms in total. The minimum atomic E-state index is -0.620. The summed E-state index contributed by atoms with van der Waals surface area (Å²) in [5.41, 5.74) is 14.7. The monoisotopic (exact) mass is 362 g/mol. The zero-order valence-corrected chi connectivity index (χ0v) is 15.5. The molecule has 3 rings (SSSR count). The Labute approximate surface area is 170 Å². The van der Waals surface area contributed by atoms with E-state index in [2.05, 4.69) is 10.3 Å². The molecule has 0 bridgehead atoms. The van der Waals surface area contributed by atoms with Crippen LogP contribution in [0.25, 0.3) is 0 Å². The fourth-order valence-electron chi connectivity index (χ4n) is 3.56. The van der Waals surface area contributed by atoms with E-state index in [9.17, 15) is 4.79 Å². The van der Waals surface area contributed by atoms with Crippen molar-refractivity contribution in [3.8, 4) is 0 Å². The third-order valence-corrected chi connectivity index (χ3v) is 5.11. The van der Waals surface area contributed by atoms with Gasteiger partial charge in [0.25, 0.3) is 5.91 Å². The van der Waals surface area contributed by atoms with E-state index < -0.39 is 5.91 Å². The first kappa shape index (κ1) is 20.3. The molecular weight excluding hydrogens is 343 g/mol. The Balaban J connectivity index is 2.03. The quantitative estimate of drug-likeness (QED) is 0.327. The molecule has 0 aliphatic carbocycles. The van der Waals surface area contributed by atoms with E-state index in [0.717, 1.165) is 31.5 Å². The van der Waals surface area contributed by atoms with Gasteiger partial charge < -0.3 is 16.8 Å². The van der Waals surface area contributed by atoms with Gasteiger partial charge in [-0.1, -0.05) is 39.5 Å². The predicted octanol–water partition coefficient (Wildman–Crippen LogP) is -2.24. The number of nitrogens with two attached hydrogens (primary N) is 2. The van der Waals surface area contributed by atoms with E-state index in [-0.39, 0.29) is 33.8 Å². The topological polar surface area (TPSA) is 93.5 Å². The molecule has 132 valence electrons. The molecule has 8 radical (unpaired) electrons. The van der Waals surface area contributed by atoms with Crippen LogP contribution in [0.1, 0.15) is 40.2 Å². The predicted molar refractivity (Wildman–Crippen MR) is 119 cm³/mol. The number of piperidine rings is 1. The summed E-state index contributed by atoms with van der Waals surface area (Å²) >= 11 is 0. The number of nitrogens with zero attached hydrogens (tertiary/aromatic N) is 1. The lowest BCUT2D eigenvalue weighted by Gasteiger charge is -2.30. The van der Waals surface area contributed by atoms with Crippen molar-refractivity contribution >= 4 is 76.7 Å². The van der Waals surface area contributed by atoms with E-state index in [4.69, 9.17) is 42.9 Å². The van der Waals surface area contributed by atoms with E-state index in [1.54, 1.807) is 18.2 Å². The van der Waals surface area contributed by atoms with Crippen LogP contribution in [-0.2, 0) is 0 Å². The second kappa shape index (κ2) is 8.31. The molecule has 1 aliphatic heterocycles. The number of aliphatic imine (C=N–C) groups is 1. The number of carbonyl (C=O) groups excluding carboxylic acids is 1. The summed E-state index contributed by atoms with van der Waals surface area (Å²) < 4.78 is 0. The van der Waals surface area contributed by atoms with Gasteiger partial charge in [-0.3, -0.25) is 9.79 Å². The van der Waals surface area contributed by atoms with Gasteiger partial charge in [0.1, 0.15) is 31.4 Å². The summed E-state index contributed by atoms with van der Waals surface area (Å²) in [6.45, 7) is 1.74. The van der Waals surface area contributed by atoms with Crippen molar-refractivity contribution in [2.24, 2.45) is 10.7 Å². The standard InChI is InChI=1S/C19H18B4N4O/c20-13-12(9-4-2-6-26-7-9)14(21)16(23)18(15(13)22)27-8-10-3-1-5-11(17(10)24)19(25)28/h1,3,5,8-9,26H,2,4,6-7,24H2,(H2,25,28)/t9-/m1/s1. The smallest absolute Gasteiger partial charge is 0.250 e. The average Bonchev–Trinajstić information content (AvgIpc) is 2.68. The lowest BCUT2D eigenvalue weighted by Crippen LogP contribution is -2.47. The normalized spacial score (nSPS) is 17.1. The summed E-state index contributed by atoms with van der Waals surface area (Å²) in [5, 5.41) is 3.33. The Morgan fingerprint density at radius 1 is 1.14 bits per heavy atom. The molecule has 1 atom stereocenters. The molecule has 1 fully saturated rings. The van der Waals surface area contributed by atoms with Gasteiger partial charge in [0.2, 0.25) is 0 Å². The van der Waals surface area contributed by atoms with Gasteiger partial charge in [-0.05, 0) is 31.4 Å². The maximum absolute atomic E-state index is 11.5. The van der Waals surface area contributed by atoms with Crippen LogP contribution in [-0.4, -0.2) is 56.6 Å². The first-order valence-electron chi connectivity index (χ1n) is 9.01. The van der Waals surface area contributed by atoms with E-state index in [1.807, 2.05) is 0 Å². The Kier molecular flexibility index (Phi) is 6.04. The lowest BCUT2D eigenvalue weighted by atomic mass is 9.63. The zero-order chi connectivity index (χ0) is 20.4. The van der Waals surface area contributed by atoms with E-state index in [0.29, 0.717) is 16.5 Å². The van der Waals surface area contributed by atoms with Crippen molar-refractivity contribution in [2.75, 3.05) is 18.8 Å². The zero-order valence-electron chi connectivity index (χ0n) is 15.5. The van der Waals surface area contributed by atoms with Crippen LogP contribution in [0, 0.1) is 0 Å². The van der Waals surface area contributed by atoms with Gasteiger partial charge in [0.05, 0.1) is 11.3 Å². The number of anilines is 1. The minimum absolute atomic E-state index is 0.152. The molecule has 1 heterocycles. The molecule has 0 spiro atoms. The number of nitrogen functional groups attached to an aromatic ring is 1. The summed E-state index contributed by atoms with van der Waals surface area (Å²) in [4.78, 5) is 15.8. The molecule has 1 saturated heterocycles. The number of benzene rings is 2. The molecule has 0 aromatic heterocycles. The van der Waals surface area contributed by atoms with Crippen LogP contribution < -0.4 is 38.6 Å². The summed E-state index contributed by atoms with van der Waals surface area (Å²) in [7, 11) is 25.1. The molecule has 2 aromatic rings. The van der Waals surface area contributed by atoms with E-state index in [1.165, 1.54) is 6.21 Å². The van der Waals surface area contributed by atoms with Crippen molar-refractivity contribution < 1.29 is 4.79 Å². The summed E-state index contributed by atoms with van der Waals surface area (Å²) in [6, 6.07) is 4.90. The SMILES string of the molecule is [B]c1c([B])c([C@@H]2CCCNC2)c([B])c([B])c1N=Cc1cccc(C(N)=O)c1N. The fraction of sp³-hybridized carbons (Fsp3) is 0.263. The van der Waals surface area contributed by atoms with Gasteiger partial charge in [0, 0.05) is 24.0 Å². The number of amides is 1. The maximum Gasteiger partial charge on any atom is 0.250 e. The highest BCUT2D eigenvalue weighted by Crippen LogP contribution is 2.21. The molecule has 0 unspecified atom stereocenters. The highest BCUT2D eigenvalue weighted by Gasteiger charge is 2.21. The van der Waals surface area contributed by atoms with Crippen molar-refractivity contribution in [1.82, 2.24) is 5.32 Å². The van der Waals surface area contributed by atoms with Crippen LogP contribution in [0.4, 0.5) is 11.4 Å². The first-order valence-corrected chi connectivity index (χ1v) is 9.01. The molecule has 5 N–H and O–H groups in total. The number of nitrogens with one attached hydrogen (secondary N) is 1. The van der Waals surface area contributed by atoms with Crippen LogP contribution in [0.3, 0.4) is 0 Å². The van der Waals surface area contributed by atoms with Crippen LogP contribution in [0.5, 0.6) is 0 Å². The van der Waals surface area contributed by atoms with Crippen molar-refractivity contribution in [2.45, 2.75) is 18.8 Å². The van der Waals surface area contributed by atoms with Crippen LogP contribution in [0.15, 0.2) is 23.2 Å². The Hall–Kier alpha value is -2.40. The molecule has 28 heavy (non-hydrogen) atoms. The fourth-order valence-corrected chi connectivity index (χ4v) is 3.56. The van der Waals surface area contributed by atoms with E-state index >= 15 is 0 Å². The molecule has 0 saturated carbocycles. The Bertz CT molecular complexity index is 926. The number of hydrogen-bond acceptors (Lipinski definition) is 4. The average molecular weight is 362 g/mol. The van der Waals surface area contributed by atoms with Gasteiger partial charge in [-0.25, -0.2) is 0 Å². The van der Waals surface area contributed by atoms with Gasteiger partial charge >= 0.3 is 0 Å². The Morgan fingerprint density at radius 3 is 2.39 bits per heavy atom. The first-order chi connectivity index (χ1) is 13.3. The van der Waals surface area contributed by atoms with Crippen LogP contribution >= 0.6 is 0 Å². The second-order valence-corrected chi connectivity index (χ2v) is 6.89. The van der Waals surface area contributed by atoms with Crippen molar-refractivity contribution in [3.63, 3.8) is 0 Å². The van der Waals surface area contributed by atoms with Crippen molar-refractivity contribution in [3.05, 3.63) is 34.9 Å². The summed E-state index contributed by atoms with van der Waals surface area (Å²) in [6.07, 6.45) is 3.45. The molecule has 1 amide bonds. The largest absolute Gasteiger partial charge is 0.398 e. The van der Waals surface area contributed by atoms with Gasteiger partial charge in [0.15, 0.2) is 0 Å². The molecule has 9 heteroatoms. The minimum Gasteiger partial charge on any atom is -0.398 e. The number of carbonyl (C=O) groups is 1. The number of rotatable bonds is 4. The number of para-hydroxylation sites is 1. The summed E-state index contributed by atoms with van der Waals surface area (Å²) in [5.74, 6) is -0.468. The lowest BCUT2D eigenvalue weighted by molar-refractivity contribution is 0.100. The maximum atomic E-state index is 11.5. The van der Waals surface area contributed by atoms with Gasteiger partial charge in [-0.15, -0.1) is 0 Å². The highest BCUT2D eigenvalue weighted by atomic mass is 16.1. The van der Waals surface area contributed by atoms with Crippen LogP contribution in [0.2, 0.25) is 0 Å². The molecular formula is C19H18B4N4O. The second-order valence-electron chi connectivity index (χ2n) is 6.89. The van der Waals surface area contributed by atoms with Gasteiger partial charge in [-0.2, -0.15) is 0 Å². The highest BCUT2D eigenvalue weighted by molar-refractivity contribution is 6.60. The number of hydrogen-bond donors (Lipinski definition) is 3. The number of primary amides is 1. The third-order valence-electron chi connectivity index (χ3n) is 5.11.